The smallest absolute Gasteiger partial charge is 0.327 e. The highest BCUT2D eigenvalue weighted by Crippen LogP contribution is 2.40. The first-order chi connectivity index (χ1) is 16.3. The van der Waals surface area contributed by atoms with Gasteiger partial charge in [-0.15, -0.1) is 0 Å². The lowest BCUT2D eigenvalue weighted by atomic mass is 10.0. The Hall–Kier alpha value is -3.17. The molecule has 0 fully saturated rings. The Morgan fingerprint density at radius 2 is 1.83 bits per heavy atom. The molecule has 0 saturated carbocycles. The molecule has 1 aliphatic carbocycles. The minimum Gasteiger partial charge on any atom is -0.756 e. The molecular weight excluding hydrogens is 493 g/mol. The van der Waals surface area contributed by atoms with E-state index in [-0.39, 0.29) is 16.7 Å². The van der Waals surface area contributed by atoms with Crippen molar-refractivity contribution in [1.82, 2.24) is 14.5 Å². The highest BCUT2D eigenvalue weighted by Gasteiger charge is 2.28. The van der Waals surface area contributed by atoms with E-state index in [1.165, 1.54) is 22.8 Å². The molecule has 0 amide bonds. The molecular formula is C19H20N3O12P-2. The first kappa shape index (κ1) is 26.4. The van der Waals surface area contributed by atoms with Gasteiger partial charge in [0.2, 0.25) is 0 Å². The number of carbonyl (C=O) groups is 1. The maximum Gasteiger partial charge on any atom is 0.327 e. The van der Waals surface area contributed by atoms with Crippen LogP contribution in [0, 0.1) is 0 Å². The number of hydrogen-bond donors (Lipinski definition) is 5. The lowest BCUT2D eigenvalue weighted by molar-refractivity contribution is -0.316. The summed E-state index contributed by atoms with van der Waals surface area (Å²) in [7, 11) is -5.22. The Morgan fingerprint density at radius 1 is 1.14 bits per heavy atom. The van der Waals surface area contributed by atoms with E-state index in [4.69, 9.17) is 0 Å². The van der Waals surface area contributed by atoms with Crippen molar-refractivity contribution in [3.05, 3.63) is 55.3 Å². The number of hydrogen-bond acceptors (Lipinski definition) is 12. The van der Waals surface area contributed by atoms with Crippen LogP contribution in [0.3, 0.4) is 0 Å². The Bertz CT molecular complexity index is 1430. The molecule has 2 aliphatic rings. The van der Waals surface area contributed by atoms with Crippen LogP contribution in [-0.2, 0) is 25.0 Å². The van der Waals surface area contributed by atoms with Gasteiger partial charge in [-0.05, 0) is 30.7 Å². The minimum atomic E-state index is -5.22. The lowest BCUT2D eigenvalue weighted by Gasteiger charge is -2.30. The lowest BCUT2D eigenvalue weighted by Crippen LogP contribution is -2.43. The number of nitrogens with zero attached hydrogens (tertiary/aromatic N) is 1. The van der Waals surface area contributed by atoms with Crippen LogP contribution in [0.15, 0.2) is 38.6 Å². The van der Waals surface area contributed by atoms with Crippen molar-refractivity contribution in [1.29, 1.82) is 0 Å². The number of pyridine rings is 1. The number of rotatable bonds is 10. The van der Waals surface area contributed by atoms with Crippen LogP contribution < -0.4 is 26.7 Å². The molecule has 5 atom stereocenters. The third-order valence-corrected chi connectivity index (χ3v) is 6.04. The number of fused-ring (bicyclic) bond motifs is 2. The van der Waals surface area contributed by atoms with Gasteiger partial charge in [0, 0.05) is 6.07 Å². The summed E-state index contributed by atoms with van der Waals surface area (Å²) in [5.74, 6) is -1.84. The maximum absolute atomic E-state index is 12.3. The topological polar surface area (TPSA) is 247 Å². The van der Waals surface area contributed by atoms with Crippen molar-refractivity contribution in [2.45, 2.75) is 37.9 Å². The fourth-order valence-electron chi connectivity index (χ4n) is 3.26. The summed E-state index contributed by atoms with van der Waals surface area (Å²) in [6.07, 6.45) is -7.75. The van der Waals surface area contributed by atoms with E-state index in [1.807, 2.05) is 4.98 Å². The largest absolute Gasteiger partial charge is 0.756 e. The molecule has 15 nitrogen and oxygen atoms in total. The van der Waals surface area contributed by atoms with Crippen molar-refractivity contribution in [2.75, 3.05) is 6.61 Å². The molecule has 0 aromatic carbocycles. The number of carboxylic acid groups (broad SMARTS) is 1. The number of phosphoric ester groups is 1. The van der Waals surface area contributed by atoms with Gasteiger partial charge in [-0.25, -0.2) is 4.79 Å². The van der Waals surface area contributed by atoms with Gasteiger partial charge in [0.05, 0.1) is 30.2 Å². The normalized spacial score (nSPS) is 17.1. The molecule has 1 unspecified atom stereocenters. The fraction of sp³-hybridized carbons (Fsp3) is 0.368. The number of aliphatic carboxylic acids is 1. The second-order valence-electron chi connectivity index (χ2n) is 7.58. The number of aromatic nitrogens is 3. The highest BCUT2D eigenvalue weighted by molar-refractivity contribution is 7.45. The molecule has 2 heterocycles. The van der Waals surface area contributed by atoms with Crippen molar-refractivity contribution >= 4 is 24.8 Å². The Morgan fingerprint density at radius 3 is 2.49 bits per heavy atom. The predicted octanol–water partition coefficient (Wildman–Crippen LogP) is -3.79. The molecule has 0 bridgehead atoms. The van der Waals surface area contributed by atoms with Crippen LogP contribution >= 0.6 is 7.82 Å². The molecule has 1 aliphatic heterocycles. The highest BCUT2D eigenvalue weighted by atomic mass is 31.2. The molecule has 190 valence electrons. The van der Waals surface area contributed by atoms with Crippen LogP contribution in [-0.4, -0.2) is 66.8 Å². The number of carbonyl (C=O) groups excluding carboxylic acids is 1. The number of aliphatic hydroxyl groups is 3. The quantitative estimate of drug-likeness (QED) is 0.129. The van der Waals surface area contributed by atoms with Crippen molar-refractivity contribution in [2.24, 2.45) is 0 Å². The summed E-state index contributed by atoms with van der Waals surface area (Å²) >= 11 is 0. The van der Waals surface area contributed by atoms with E-state index in [0.717, 1.165) is 13.0 Å². The van der Waals surface area contributed by atoms with Gasteiger partial charge in [0.1, 0.15) is 30.1 Å². The zero-order valence-corrected chi connectivity index (χ0v) is 18.8. The molecule has 1 aromatic rings. The molecule has 0 radical (unpaired) electrons. The first-order valence-electron chi connectivity index (χ1n) is 9.98. The monoisotopic (exact) mass is 513 g/mol. The first-order valence-corrected chi connectivity index (χ1v) is 11.4. The van der Waals surface area contributed by atoms with E-state index >= 15 is 0 Å². The van der Waals surface area contributed by atoms with E-state index in [0.29, 0.717) is 5.56 Å². The van der Waals surface area contributed by atoms with Crippen molar-refractivity contribution < 1.29 is 43.7 Å². The SMILES string of the molecule is C[C@H](OP(=O)([O-])OC[C@@H](O)[C@@H](O)[C@@H](O)Cn1c2cc(=O)ccc-2cc2c(=O)[nH]c(=O)[nH]c21)C(=O)[O-]. The third-order valence-electron chi connectivity index (χ3n) is 5.00. The predicted molar refractivity (Wildman–Crippen MR) is 113 cm³/mol. The van der Waals surface area contributed by atoms with Crippen LogP contribution in [0.4, 0.5) is 0 Å². The molecule has 16 heteroatoms. The average Bonchev–Trinajstić information content (AvgIpc) is 2.77. The van der Waals surface area contributed by atoms with Gasteiger partial charge >= 0.3 is 5.69 Å². The van der Waals surface area contributed by atoms with Crippen molar-refractivity contribution in [3.63, 3.8) is 0 Å². The van der Waals surface area contributed by atoms with E-state index < -0.39 is 68.0 Å². The number of phosphoric acid groups is 1. The zero-order chi connectivity index (χ0) is 26.1. The molecule has 5 N–H and O–H groups in total. The molecule has 35 heavy (non-hydrogen) atoms. The molecule has 3 rings (SSSR count). The molecule has 0 saturated heterocycles. The number of carboxylic acids is 1. The van der Waals surface area contributed by atoms with Gasteiger partial charge < -0.3 is 43.7 Å². The fourth-order valence-corrected chi connectivity index (χ4v) is 4.13. The van der Waals surface area contributed by atoms with Gasteiger partial charge in [-0.1, -0.05) is 0 Å². The van der Waals surface area contributed by atoms with Gasteiger partial charge in [-0.3, -0.25) is 24.1 Å². The zero-order valence-electron chi connectivity index (χ0n) is 17.9. The standard InChI is InChI=1S/C19H22N3O12P/c1-8(18(28)29)34-35(31,32)33-7-14(25)15(26)13(24)6-22-12-5-10(23)3-2-9(12)4-11-16(22)20-19(30)21-17(11)27/h2-5,8,13-15,24-26H,6-7H2,1H3,(H,28,29)(H,31,32)(H2,20,21,27,30)/p-2/t8-,13-,14+,15-/m0/s1. The number of aliphatic hydroxyl groups excluding tert-OH is 3. The number of aromatic amines is 2. The summed E-state index contributed by atoms with van der Waals surface area (Å²) < 4.78 is 21.4. The summed E-state index contributed by atoms with van der Waals surface area (Å²) in [4.78, 5) is 62.7. The number of nitrogens with one attached hydrogen (secondary N) is 2. The Labute approximate surface area is 194 Å². The van der Waals surface area contributed by atoms with E-state index in [1.54, 1.807) is 0 Å². The van der Waals surface area contributed by atoms with E-state index in [2.05, 4.69) is 14.0 Å². The molecule has 1 aromatic heterocycles. The Balaban J connectivity index is 1.86. The van der Waals surface area contributed by atoms with Gasteiger partial charge in [-0.2, -0.15) is 0 Å². The van der Waals surface area contributed by atoms with Gasteiger partial charge in [0.25, 0.3) is 13.4 Å². The van der Waals surface area contributed by atoms with Crippen molar-refractivity contribution in [3.8, 4) is 11.3 Å². The van der Waals surface area contributed by atoms with Crippen LogP contribution in [0.1, 0.15) is 6.92 Å². The summed E-state index contributed by atoms with van der Waals surface area (Å²) in [5, 5.41) is 41.5. The second kappa shape index (κ2) is 10.2. The molecule has 0 spiro atoms. The number of benzene rings is 1. The van der Waals surface area contributed by atoms with Crippen LogP contribution in [0.25, 0.3) is 22.3 Å². The van der Waals surface area contributed by atoms with E-state index in [9.17, 15) is 49.1 Å². The van der Waals surface area contributed by atoms with Gasteiger partial charge in [0.15, 0.2) is 5.43 Å². The minimum absolute atomic E-state index is 0.00666. The van der Waals surface area contributed by atoms with Crippen LogP contribution in [0.5, 0.6) is 0 Å². The summed E-state index contributed by atoms with van der Waals surface area (Å²) in [6.45, 7) is -0.810. The van der Waals surface area contributed by atoms with Crippen LogP contribution in [0.2, 0.25) is 0 Å². The maximum atomic E-state index is 12.3. The third kappa shape index (κ3) is 6.10. The second-order valence-corrected chi connectivity index (χ2v) is 8.94. The average molecular weight is 513 g/mol. The number of H-pyrrole nitrogens is 2. The summed E-state index contributed by atoms with van der Waals surface area (Å²) in [6, 6.07) is 5.20. The summed E-state index contributed by atoms with van der Waals surface area (Å²) in [5.41, 5.74) is -1.61. The Kier molecular flexibility index (Phi) is 7.71.